The van der Waals surface area contributed by atoms with Crippen molar-refractivity contribution >= 4 is 23.8 Å². The maximum absolute atomic E-state index is 4.42. The van der Waals surface area contributed by atoms with Gasteiger partial charge in [-0.25, -0.2) is 0 Å². The van der Waals surface area contributed by atoms with Crippen molar-refractivity contribution in [3.63, 3.8) is 0 Å². The standard InChI is InChI=1S/C15H15P/c1-3-16(2,14-10-6-4-7-11-14)15-12-8-5-9-13-15/h3-13H,1-2H2. The molecule has 0 aliphatic carbocycles. The van der Waals surface area contributed by atoms with Crippen LogP contribution >= 0.6 is 6.89 Å². The van der Waals surface area contributed by atoms with Gasteiger partial charge in [0.25, 0.3) is 0 Å². The Hall–Kier alpha value is -1.52. The first-order chi connectivity index (χ1) is 7.77. The van der Waals surface area contributed by atoms with Gasteiger partial charge in [0, 0.05) is 0 Å². The molecule has 2 aromatic rings. The first-order valence-corrected chi connectivity index (χ1v) is 7.29. The van der Waals surface area contributed by atoms with Crippen LogP contribution in [0.2, 0.25) is 0 Å². The lowest BCUT2D eigenvalue weighted by Crippen LogP contribution is -2.13. The van der Waals surface area contributed by atoms with Gasteiger partial charge >= 0.3 is 0 Å². The van der Waals surface area contributed by atoms with Crippen molar-refractivity contribution < 1.29 is 0 Å². The molecule has 0 radical (unpaired) electrons. The molecule has 0 aliphatic rings. The lowest BCUT2D eigenvalue weighted by Gasteiger charge is -2.21. The molecule has 16 heavy (non-hydrogen) atoms. The van der Waals surface area contributed by atoms with Crippen molar-refractivity contribution in [2.75, 3.05) is 0 Å². The molecule has 0 bridgehead atoms. The van der Waals surface area contributed by atoms with Gasteiger partial charge in [-0.1, -0.05) is 79.4 Å². The highest BCUT2D eigenvalue weighted by Gasteiger charge is 2.14. The zero-order valence-corrected chi connectivity index (χ0v) is 10.1. The molecule has 2 rings (SSSR count). The van der Waals surface area contributed by atoms with Crippen LogP contribution in [0.4, 0.5) is 0 Å². The van der Waals surface area contributed by atoms with Crippen LogP contribution in [0, 0.1) is 0 Å². The van der Waals surface area contributed by atoms with E-state index in [1.165, 1.54) is 10.6 Å². The minimum absolute atomic E-state index is 1.27. The summed E-state index contributed by atoms with van der Waals surface area (Å²) in [6.07, 6.45) is 4.42. The zero-order chi connectivity index (χ0) is 11.4. The van der Waals surface area contributed by atoms with Crippen molar-refractivity contribution in [3.05, 3.63) is 73.1 Å². The molecule has 1 heteroatoms. The quantitative estimate of drug-likeness (QED) is 0.705. The van der Waals surface area contributed by atoms with Gasteiger partial charge in [-0.15, -0.1) is 0 Å². The molecule has 0 N–H and O–H groups in total. The van der Waals surface area contributed by atoms with Gasteiger partial charge in [0.15, 0.2) is 0 Å². The van der Waals surface area contributed by atoms with Crippen LogP contribution in [0.15, 0.2) is 73.1 Å². The largest absolute Gasteiger partial charge is 0.0980 e. The van der Waals surface area contributed by atoms with Gasteiger partial charge < -0.3 is 0 Å². The number of rotatable bonds is 3. The van der Waals surface area contributed by atoms with E-state index in [4.69, 9.17) is 0 Å². The average molecular weight is 226 g/mol. The Labute approximate surface area is 97.2 Å². The van der Waals surface area contributed by atoms with Crippen molar-refractivity contribution in [3.8, 4) is 0 Å². The summed E-state index contributed by atoms with van der Waals surface area (Å²) in [7, 11) is 0. The minimum atomic E-state index is -1.64. The third-order valence-corrected chi connectivity index (χ3v) is 5.81. The highest BCUT2D eigenvalue weighted by Crippen LogP contribution is 2.43. The fraction of sp³-hybridized carbons (Fsp3) is 0. The molecule has 0 spiro atoms. The fourth-order valence-electron chi connectivity index (χ4n) is 1.75. The third kappa shape index (κ3) is 1.89. The maximum Gasteiger partial charge on any atom is -0.0171 e. The van der Waals surface area contributed by atoms with E-state index in [-0.39, 0.29) is 0 Å². The molecule has 0 nitrogen and oxygen atoms in total. The average Bonchev–Trinajstić information content (AvgIpc) is 2.40. The van der Waals surface area contributed by atoms with Crippen LogP contribution in [0.25, 0.3) is 0 Å². The molecule has 0 atom stereocenters. The van der Waals surface area contributed by atoms with Crippen molar-refractivity contribution in [1.29, 1.82) is 0 Å². The van der Waals surface area contributed by atoms with Gasteiger partial charge in [0.05, 0.1) is 0 Å². The third-order valence-electron chi connectivity index (χ3n) is 2.75. The monoisotopic (exact) mass is 226 g/mol. The summed E-state index contributed by atoms with van der Waals surface area (Å²) in [5.74, 6) is 2.01. The Kier molecular flexibility index (Phi) is 3.12. The van der Waals surface area contributed by atoms with Crippen LogP contribution < -0.4 is 10.6 Å². The SMILES string of the molecule is C=CP(=C)(c1ccccc1)c1ccccc1. The van der Waals surface area contributed by atoms with E-state index in [0.717, 1.165) is 0 Å². The molecular formula is C15H15P. The molecule has 0 saturated carbocycles. The summed E-state index contributed by atoms with van der Waals surface area (Å²) in [4.78, 5) is 0. The van der Waals surface area contributed by atoms with Crippen molar-refractivity contribution in [2.45, 2.75) is 0 Å². The lowest BCUT2D eigenvalue weighted by molar-refractivity contribution is 1.75. The van der Waals surface area contributed by atoms with Crippen LogP contribution in [-0.2, 0) is 0 Å². The first kappa shape index (κ1) is 11.0. The van der Waals surface area contributed by atoms with Gasteiger partial charge in [-0.3, -0.25) is 0 Å². The van der Waals surface area contributed by atoms with Crippen LogP contribution in [0.1, 0.15) is 0 Å². The summed E-state index contributed by atoms with van der Waals surface area (Å²) in [6.45, 7) is 2.33. The smallest absolute Gasteiger partial charge is 0.0171 e. The molecule has 0 unspecified atom stereocenters. The van der Waals surface area contributed by atoms with Crippen molar-refractivity contribution in [1.82, 2.24) is 0 Å². The molecule has 0 saturated heterocycles. The molecule has 0 fully saturated rings. The molecular weight excluding hydrogens is 211 g/mol. The van der Waals surface area contributed by atoms with E-state index in [2.05, 4.69) is 61.4 Å². The van der Waals surface area contributed by atoms with E-state index in [1.54, 1.807) is 0 Å². The molecule has 0 amide bonds. The number of benzene rings is 2. The first-order valence-electron chi connectivity index (χ1n) is 5.25. The Morgan fingerprint density at radius 2 is 1.12 bits per heavy atom. The predicted molar refractivity (Wildman–Crippen MR) is 76.4 cm³/mol. The molecule has 0 aliphatic heterocycles. The Balaban J connectivity index is 2.58. The summed E-state index contributed by atoms with van der Waals surface area (Å²) < 4.78 is 0. The Bertz CT molecular complexity index is 468. The summed E-state index contributed by atoms with van der Waals surface area (Å²) in [6, 6.07) is 20.8. The van der Waals surface area contributed by atoms with E-state index >= 15 is 0 Å². The van der Waals surface area contributed by atoms with E-state index in [1.807, 2.05) is 17.9 Å². The molecule has 2 aromatic carbocycles. The highest BCUT2D eigenvalue weighted by atomic mass is 31.2. The Morgan fingerprint density at radius 1 is 0.750 bits per heavy atom. The molecule has 0 heterocycles. The summed E-state index contributed by atoms with van der Waals surface area (Å²) >= 11 is 0. The minimum Gasteiger partial charge on any atom is -0.0980 e. The van der Waals surface area contributed by atoms with Crippen molar-refractivity contribution in [2.24, 2.45) is 0 Å². The van der Waals surface area contributed by atoms with Gasteiger partial charge in [0.1, 0.15) is 0 Å². The van der Waals surface area contributed by atoms with Gasteiger partial charge in [-0.2, -0.15) is 0 Å². The molecule has 0 aromatic heterocycles. The van der Waals surface area contributed by atoms with Crippen LogP contribution in [-0.4, -0.2) is 6.30 Å². The second-order valence-electron chi connectivity index (χ2n) is 3.72. The Morgan fingerprint density at radius 3 is 1.44 bits per heavy atom. The zero-order valence-electron chi connectivity index (χ0n) is 9.21. The summed E-state index contributed by atoms with van der Waals surface area (Å²) in [5.41, 5.74) is 0. The predicted octanol–water partition coefficient (Wildman–Crippen LogP) is 3.23. The second-order valence-corrected chi connectivity index (χ2v) is 6.86. The highest BCUT2D eigenvalue weighted by molar-refractivity contribution is 7.89. The number of hydrogen-bond acceptors (Lipinski definition) is 0. The maximum atomic E-state index is 4.42. The lowest BCUT2D eigenvalue weighted by atomic mass is 10.4. The van der Waals surface area contributed by atoms with Gasteiger partial charge in [0.2, 0.25) is 0 Å². The number of hydrogen-bond donors (Lipinski definition) is 0. The van der Waals surface area contributed by atoms with E-state index in [9.17, 15) is 0 Å². The van der Waals surface area contributed by atoms with Gasteiger partial charge in [-0.05, 0) is 17.5 Å². The van der Waals surface area contributed by atoms with E-state index in [0.29, 0.717) is 0 Å². The molecule has 80 valence electrons. The summed E-state index contributed by atoms with van der Waals surface area (Å²) in [5, 5.41) is 2.55. The normalized spacial score (nSPS) is 11.0. The van der Waals surface area contributed by atoms with E-state index < -0.39 is 6.89 Å². The van der Waals surface area contributed by atoms with Crippen LogP contribution in [0.3, 0.4) is 0 Å². The second kappa shape index (κ2) is 4.55. The topological polar surface area (TPSA) is 0 Å². The fourth-order valence-corrected chi connectivity index (χ4v) is 3.88. The van der Waals surface area contributed by atoms with Crippen LogP contribution in [0.5, 0.6) is 0 Å².